The Balaban J connectivity index is 0.00000196. The molecular formula is C20H35ClN2O3. The highest BCUT2D eigenvalue weighted by molar-refractivity contribution is 5.85. The van der Waals surface area contributed by atoms with E-state index in [9.17, 15) is 4.79 Å². The van der Waals surface area contributed by atoms with Gasteiger partial charge in [-0.3, -0.25) is 4.79 Å². The zero-order chi connectivity index (χ0) is 17.1. The molecule has 3 unspecified atom stereocenters. The summed E-state index contributed by atoms with van der Waals surface area (Å²) in [5, 5.41) is 3.67. The molecule has 3 atom stereocenters. The van der Waals surface area contributed by atoms with Gasteiger partial charge >= 0.3 is 0 Å². The Hall–Kier alpha value is -0.360. The van der Waals surface area contributed by atoms with Crippen LogP contribution >= 0.6 is 12.4 Å². The standard InChI is InChI=1S/C20H34N2O3.ClH/c23-20(13-15-11-16-4-5-17(12-15)21-16)22-8-6-18(7-9-22)25-14-19-3-1-2-10-24-19;/h15-19,21H,1-14H2;1H. The molecule has 4 fully saturated rings. The topological polar surface area (TPSA) is 50.8 Å². The summed E-state index contributed by atoms with van der Waals surface area (Å²) in [5.74, 6) is 0.976. The Labute approximate surface area is 164 Å². The molecule has 4 rings (SSSR count). The first-order chi connectivity index (χ1) is 12.3. The highest BCUT2D eigenvalue weighted by Gasteiger charge is 2.35. The van der Waals surface area contributed by atoms with Gasteiger partial charge in [0.25, 0.3) is 0 Å². The Kier molecular flexibility index (Phi) is 7.62. The fourth-order valence-corrected chi connectivity index (χ4v) is 5.17. The van der Waals surface area contributed by atoms with Crippen molar-refractivity contribution < 1.29 is 14.3 Å². The number of nitrogens with zero attached hydrogens (tertiary/aromatic N) is 1. The van der Waals surface area contributed by atoms with Gasteiger partial charge in [-0.1, -0.05) is 0 Å². The number of piperidine rings is 2. The van der Waals surface area contributed by atoms with Crippen molar-refractivity contribution in [3.63, 3.8) is 0 Å². The van der Waals surface area contributed by atoms with Crippen LogP contribution in [-0.2, 0) is 14.3 Å². The molecule has 1 N–H and O–H groups in total. The molecule has 4 aliphatic heterocycles. The second kappa shape index (κ2) is 9.72. The van der Waals surface area contributed by atoms with Crippen molar-refractivity contribution in [3.05, 3.63) is 0 Å². The monoisotopic (exact) mass is 386 g/mol. The number of carbonyl (C=O) groups excluding carboxylic acids is 1. The van der Waals surface area contributed by atoms with Crippen molar-refractivity contribution in [2.75, 3.05) is 26.3 Å². The van der Waals surface area contributed by atoms with Crippen LogP contribution in [-0.4, -0.2) is 61.4 Å². The van der Waals surface area contributed by atoms with Crippen LogP contribution in [0, 0.1) is 5.92 Å². The highest BCUT2D eigenvalue weighted by Crippen LogP contribution is 2.33. The van der Waals surface area contributed by atoms with E-state index in [0.29, 0.717) is 36.1 Å². The molecule has 0 aromatic carbocycles. The molecule has 0 spiro atoms. The van der Waals surface area contributed by atoms with Gasteiger partial charge in [0.05, 0.1) is 18.8 Å². The normalized spacial score (nSPS) is 35.2. The van der Waals surface area contributed by atoms with Gasteiger partial charge in [0.2, 0.25) is 5.91 Å². The van der Waals surface area contributed by atoms with E-state index in [0.717, 1.165) is 52.0 Å². The van der Waals surface area contributed by atoms with E-state index in [-0.39, 0.29) is 12.4 Å². The third-order valence-corrected chi connectivity index (χ3v) is 6.62. The first-order valence-electron chi connectivity index (χ1n) is 10.5. The molecule has 4 aliphatic rings. The molecular weight excluding hydrogens is 352 g/mol. The maximum absolute atomic E-state index is 12.7. The first kappa shape index (κ1) is 20.4. The van der Waals surface area contributed by atoms with Gasteiger partial charge in [0, 0.05) is 38.2 Å². The van der Waals surface area contributed by atoms with Gasteiger partial charge in [-0.2, -0.15) is 0 Å². The van der Waals surface area contributed by atoms with Crippen LogP contribution in [0.4, 0.5) is 0 Å². The van der Waals surface area contributed by atoms with Crippen molar-refractivity contribution in [1.29, 1.82) is 0 Å². The molecule has 6 heteroatoms. The Morgan fingerprint density at radius 3 is 2.42 bits per heavy atom. The second-order valence-corrected chi connectivity index (χ2v) is 8.58. The largest absolute Gasteiger partial charge is 0.376 e. The fraction of sp³-hybridized carbons (Fsp3) is 0.950. The predicted octanol–water partition coefficient (Wildman–Crippen LogP) is 2.91. The average Bonchev–Trinajstić information content (AvgIpc) is 2.99. The lowest BCUT2D eigenvalue weighted by Crippen LogP contribution is -2.44. The van der Waals surface area contributed by atoms with Crippen molar-refractivity contribution in [3.8, 4) is 0 Å². The van der Waals surface area contributed by atoms with Gasteiger partial charge in [0.1, 0.15) is 0 Å². The zero-order valence-corrected chi connectivity index (χ0v) is 16.7. The van der Waals surface area contributed by atoms with Gasteiger partial charge in [-0.15, -0.1) is 12.4 Å². The van der Waals surface area contributed by atoms with Crippen LogP contribution in [0.15, 0.2) is 0 Å². The predicted molar refractivity (Wildman–Crippen MR) is 104 cm³/mol. The van der Waals surface area contributed by atoms with E-state index in [2.05, 4.69) is 10.2 Å². The van der Waals surface area contributed by atoms with Crippen LogP contribution in [0.1, 0.15) is 64.2 Å². The number of hydrogen-bond acceptors (Lipinski definition) is 4. The summed E-state index contributed by atoms with van der Waals surface area (Å²) in [5.41, 5.74) is 0. The van der Waals surface area contributed by atoms with Crippen LogP contribution in [0.2, 0.25) is 0 Å². The lowest BCUT2D eigenvalue weighted by Gasteiger charge is -2.35. The Morgan fingerprint density at radius 2 is 1.77 bits per heavy atom. The van der Waals surface area contributed by atoms with Gasteiger partial charge in [-0.25, -0.2) is 0 Å². The van der Waals surface area contributed by atoms with E-state index in [1.165, 1.54) is 38.5 Å². The SMILES string of the molecule is Cl.O=C(CC1CC2CCC(C1)N2)N1CCC(OCC2CCCCO2)CC1. The molecule has 0 aromatic rings. The summed E-state index contributed by atoms with van der Waals surface area (Å²) in [6.07, 6.45) is 11.9. The van der Waals surface area contributed by atoms with E-state index >= 15 is 0 Å². The molecule has 0 saturated carbocycles. The van der Waals surface area contributed by atoms with E-state index in [1.807, 2.05) is 0 Å². The molecule has 0 radical (unpaired) electrons. The molecule has 4 heterocycles. The molecule has 26 heavy (non-hydrogen) atoms. The Bertz CT molecular complexity index is 438. The fourth-order valence-electron chi connectivity index (χ4n) is 5.17. The second-order valence-electron chi connectivity index (χ2n) is 8.58. The lowest BCUT2D eigenvalue weighted by molar-refractivity contribution is -0.136. The molecule has 0 aromatic heterocycles. The van der Waals surface area contributed by atoms with Gasteiger partial charge < -0.3 is 19.7 Å². The summed E-state index contributed by atoms with van der Waals surface area (Å²) < 4.78 is 11.8. The van der Waals surface area contributed by atoms with Crippen LogP contribution in [0.3, 0.4) is 0 Å². The van der Waals surface area contributed by atoms with Crippen LogP contribution in [0.5, 0.6) is 0 Å². The van der Waals surface area contributed by atoms with E-state index in [4.69, 9.17) is 9.47 Å². The zero-order valence-electron chi connectivity index (χ0n) is 15.9. The maximum atomic E-state index is 12.7. The molecule has 4 saturated heterocycles. The number of ether oxygens (including phenoxy) is 2. The van der Waals surface area contributed by atoms with Crippen molar-refractivity contribution in [2.24, 2.45) is 5.92 Å². The number of halogens is 1. The third kappa shape index (κ3) is 5.34. The van der Waals surface area contributed by atoms with Crippen molar-refractivity contribution >= 4 is 18.3 Å². The Morgan fingerprint density at radius 1 is 1.04 bits per heavy atom. The number of nitrogens with one attached hydrogen (secondary N) is 1. The first-order valence-corrected chi connectivity index (χ1v) is 10.5. The number of carbonyl (C=O) groups is 1. The summed E-state index contributed by atoms with van der Waals surface area (Å²) in [6, 6.07) is 1.36. The summed E-state index contributed by atoms with van der Waals surface area (Å²) in [7, 11) is 0. The van der Waals surface area contributed by atoms with E-state index < -0.39 is 0 Å². The number of fused-ring (bicyclic) bond motifs is 2. The van der Waals surface area contributed by atoms with Crippen molar-refractivity contribution in [1.82, 2.24) is 10.2 Å². The molecule has 2 bridgehead atoms. The minimum absolute atomic E-state index is 0. The smallest absolute Gasteiger partial charge is 0.222 e. The molecule has 150 valence electrons. The number of amides is 1. The number of rotatable bonds is 5. The van der Waals surface area contributed by atoms with Gasteiger partial charge in [-0.05, 0) is 63.7 Å². The maximum Gasteiger partial charge on any atom is 0.222 e. The highest BCUT2D eigenvalue weighted by atomic mass is 35.5. The van der Waals surface area contributed by atoms with Crippen LogP contribution < -0.4 is 5.32 Å². The average molecular weight is 387 g/mol. The van der Waals surface area contributed by atoms with Crippen molar-refractivity contribution in [2.45, 2.75) is 88.5 Å². The third-order valence-electron chi connectivity index (χ3n) is 6.62. The van der Waals surface area contributed by atoms with Gasteiger partial charge in [0.15, 0.2) is 0 Å². The lowest BCUT2D eigenvalue weighted by atomic mass is 9.89. The van der Waals surface area contributed by atoms with E-state index in [1.54, 1.807) is 0 Å². The minimum Gasteiger partial charge on any atom is -0.376 e. The minimum atomic E-state index is 0. The molecule has 1 amide bonds. The quantitative estimate of drug-likeness (QED) is 0.789. The van der Waals surface area contributed by atoms with Crippen LogP contribution in [0.25, 0.3) is 0 Å². The molecule has 0 aliphatic carbocycles. The molecule has 5 nitrogen and oxygen atoms in total. The number of hydrogen-bond donors (Lipinski definition) is 1. The summed E-state index contributed by atoms with van der Waals surface area (Å²) >= 11 is 0. The number of likely N-dealkylation sites (tertiary alicyclic amines) is 1. The summed E-state index contributed by atoms with van der Waals surface area (Å²) in [4.78, 5) is 14.7. The summed E-state index contributed by atoms with van der Waals surface area (Å²) in [6.45, 7) is 3.36.